The maximum absolute atomic E-state index is 12.0. The molecule has 2 rings (SSSR count). The zero-order chi connectivity index (χ0) is 16.2. The Morgan fingerprint density at radius 2 is 1.32 bits per heavy atom. The lowest BCUT2D eigenvalue weighted by Crippen LogP contribution is -2.46. The highest BCUT2D eigenvalue weighted by molar-refractivity contribution is 5.96. The number of hydrogen-bond donors (Lipinski definition) is 2. The summed E-state index contributed by atoms with van der Waals surface area (Å²) in [6.45, 7) is 5.34. The van der Waals surface area contributed by atoms with E-state index >= 15 is 0 Å². The van der Waals surface area contributed by atoms with Crippen molar-refractivity contribution in [2.75, 3.05) is 0 Å². The molecule has 4 heteroatoms. The van der Waals surface area contributed by atoms with Crippen LogP contribution < -0.4 is 10.9 Å². The molecule has 0 saturated heterocycles. The van der Waals surface area contributed by atoms with Gasteiger partial charge in [-0.05, 0) is 23.3 Å². The number of carbonyl (C=O) groups excluding carboxylic acids is 2. The van der Waals surface area contributed by atoms with Crippen LogP contribution in [0.25, 0.3) is 11.1 Å². The van der Waals surface area contributed by atoms with E-state index in [1.54, 1.807) is 32.9 Å². The summed E-state index contributed by atoms with van der Waals surface area (Å²) in [5.74, 6) is -0.570. The lowest BCUT2D eigenvalue weighted by Gasteiger charge is -2.17. The summed E-state index contributed by atoms with van der Waals surface area (Å²) in [6, 6.07) is 17.2. The fraction of sp³-hybridized carbons (Fsp3) is 0.222. The highest BCUT2D eigenvalue weighted by Crippen LogP contribution is 2.19. The summed E-state index contributed by atoms with van der Waals surface area (Å²) in [6.07, 6.45) is 0. The molecule has 0 bridgehead atoms. The Hall–Kier alpha value is -2.62. The van der Waals surface area contributed by atoms with Crippen molar-refractivity contribution in [1.29, 1.82) is 0 Å². The zero-order valence-corrected chi connectivity index (χ0v) is 13.0. The molecule has 0 atom stereocenters. The molecule has 22 heavy (non-hydrogen) atoms. The van der Waals surface area contributed by atoms with Gasteiger partial charge in [0, 0.05) is 11.0 Å². The molecular formula is C18H20N2O2. The maximum Gasteiger partial charge on any atom is 0.269 e. The van der Waals surface area contributed by atoms with Crippen LogP contribution >= 0.6 is 0 Å². The molecule has 2 amide bonds. The van der Waals surface area contributed by atoms with Crippen molar-refractivity contribution in [3.05, 3.63) is 60.2 Å². The summed E-state index contributed by atoms with van der Waals surface area (Å²) < 4.78 is 0. The van der Waals surface area contributed by atoms with Crippen LogP contribution in [-0.2, 0) is 4.79 Å². The first-order chi connectivity index (χ1) is 10.4. The number of carbonyl (C=O) groups is 2. The van der Waals surface area contributed by atoms with Crippen LogP contribution in [0.4, 0.5) is 0 Å². The predicted octanol–water partition coefficient (Wildman–Crippen LogP) is 3.16. The van der Waals surface area contributed by atoms with E-state index in [9.17, 15) is 9.59 Å². The molecule has 0 aliphatic heterocycles. The number of hydrazine groups is 1. The Balaban J connectivity index is 2.02. The van der Waals surface area contributed by atoms with Crippen molar-refractivity contribution in [3.63, 3.8) is 0 Å². The molecule has 0 unspecified atom stereocenters. The van der Waals surface area contributed by atoms with Gasteiger partial charge in [-0.1, -0.05) is 63.2 Å². The molecular weight excluding hydrogens is 276 g/mol. The fourth-order valence-electron chi connectivity index (χ4n) is 1.82. The van der Waals surface area contributed by atoms with E-state index in [1.165, 1.54) is 0 Å². The number of nitrogens with one attached hydrogen (secondary N) is 2. The van der Waals surface area contributed by atoms with Gasteiger partial charge in [0.1, 0.15) is 0 Å². The lowest BCUT2D eigenvalue weighted by molar-refractivity contribution is -0.129. The third kappa shape index (κ3) is 3.95. The van der Waals surface area contributed by atoms with Crippen LogP contribution in [-0.4, -0.2) is 11.8 Å². The second kappa shape index (κ2) is 6.43. The third-order valence-electron chi connectivity index (χ3n) is 3.22. The first-order valence-electron chi connectivity index (χ1n) is 7.14. The van der Waals surface area contributed by atoms with Gasteiger partial charge < -0.3 is 0 Å². The topological polar surface area (TPSA) is 58.2 Å². The summed E-state index contributed by atoms with van der Waals surface area (Å²) in [4.78, 5) is 23.7. The zero-order valence-electron chi connectivity index (χ0n) is 13.0. The van der Waals surface area contributed by atoms with Crippen molar-refractivity contribution >= 4 is 11.8 Å². The van der Waals surface area contributed by atoms with Gasteiger partial charge >= 0.3 is 0 Å². The van der Waals surface area contributed by atoms with Gasteiger partial charge in [-0.2, -0.15) is 0 Å². The van der Waals surface area contributed by atoms with E-state index < -0.39 is 5.41 Å². The Bertz CT molecular complexity index is 656. The minimum Gasteiger partial charge on any atom is -0.273 e. The Morgan fingerprint density at radius 1 is 0.773 bits per heavy atom. The lowest BCUT2D eigenvalue weighted by atomic mass is 9.96. The van der Waals surface area contributed by atoms with Crippen molar-refractivity contribution in [2.45, 2.75) is 20.8 Å². The van der Waals surface area contributed by atoms with Crippen LogP contribution in [0.5, 0.6) is 0 Å². The largest absolute Gasteiger partial charge is 0.273 e. The fourth-order valence-corrected chi connectivity index (χ4v) is 1.82. The van der Waals surface area contributed by atoms with E-state index in [0.717, 1.165) is 11.1 Å². The summed E-state index contributed by atoms with van der Waals surface area (Å²) >= 11 is 0. The Morgan fingerprint density at radius 3 is 1.86 bits per heavy atom. The Labute approximate surface area is 130 Å². The SMILES string of the molecule is CC(C)(C)C(=O)NNC(=O)c1ccc(-c2ccccc2)cc1. The smallest absolute Gasteiger partial charge is 0.269 e. The van der Waals surface area contributed by atoms with Crippen LogP contribution in [0.2, 0.25) is 0 Å². The molecule has 114 valence electrons. The maximum atomic E-state index is 12.0. The number of amides is 2. The van der Waals surface area contributed by atoms with E-state index in [0.29, 0.717) is 5.56 Å². The molecule has 0 spiro atoms. The average molecular weight is 296 g/mol. The minimum atomic E-state index is -0.551. The molecule has 2 aromatic carbocycles. The second-order valence-electron chi connectivity index (χ2n) is 6.10. The van der Waals surface area contributed by atoms with Gasteiger partial charge in [-0.15, -0.1) is 0 Å². The van der Waals surface area contributed by atoms with Gasteiger partial charge in [0.05, 0.1) is 0 Å². The molecule has 0 aliphatic carbocycles. The quantitative estimate of drug-likeness (QED) is 0.836. The molecule has 2 aromatic rings. The normalized spacial score (nSPS) is 10.9. The van der Waals surface area contributed by atoms with E-state index in [2.05, 4.69) is 10.9 Å². The van der Waals surface area contributed by atoms with Crippen LogP contribution in [0.3, 0.4) is 0 Å². The highest BCUT2D eigenvalue weighted by atomic mass is 16.2. The van der Waals surface area contributed by atoms with Crippen LogP contribution in [0.1, 0.15) is 31.1 Å². The van der Waals surface area contributed by atoms with Crippen molar-refractivity contribution in [2.24, 2.45) is 5.41 Å². The van der Waals surface area contributed by atoms with Crippen molar-refractivity contribution < 1.29 is 9.59 Å². The molecule has 0 fully saturated rings. The Kier molecular flexibility index (Phi) is 4.61. The molecule has 0 saturated carbocycles. The third-order valence-corrected chi connectivity index (χ3v) is 3.22. The number of benzene rings is 2. The van der Waals surface area contributed by atoms with Crippen LogP contribution in [0.15, 0.2) is 54.6 Å². The van der Waals surface area contributed by atoms with Crippen LogP contribution in [0, 0.1) is 5.41 Å². The number of rotatable bonds is 2. The molecule has 0 heterocycles. The van der Waals surface area contributed by atoms with Gasteiger partial charge in [-0.25, -0.2) is 0 Å². The number of hydrogen-bond acceptors (Lipinski definition) is 2. The van der Waals surface area contributed by atoms with E-state index in [1.807, 2.05) is 42.5 Å². The second-order valence-corrected chi connectivity index (χ2v) is 6.10. The predicted molar refractivity (Wildman–Crippen MR) is 86.9 cm³/mol. The first kappa shape index (κ1) is 15.8. The monoisotopic (exact) mass is 296 g/mol. The highest BCUT2D eigenvalue weighted by Gasteiger charge is 2.21. The first-order valence-corrected chi connectivity index (χ1v) is 7.14. The molecule has 0 radical (unpaired) electrons. The van der Waals surface area contributed by atoms with Gasteiger partial charge in [0.2, 0.25) is 5.91 Å². The minimum absolute atomic E-state index is 0.234. The summed E-state index contributed by atoms with van der Waals surface area (Å²) in [5, 5.41) is 0. The van der Waals surface area contributed by atoms with E-state index in [4.69, 9.17) is 0 Å². The summed E-state index contributed by atoms with van der Waals surface area (Å²) in [5.41, 5.74) is 6.93. The van der Waals surface area contributed by atoms with Gasteiger partial charge in [0.15, 0.2) is 0 Å². The molecule has 0 aromatic heterocycles. The average Bonchev–Trinajstić information content (AvgIpc) is 2.52. The van der Waals surface area contributed by atoms with Crippen molar-refractivity contribution in [3.8, 4) is 11.1 Å². The summed E-state index contributed by atoms with van der Waals surface area (Å²) in [7, 11) is 0. The van der Waals surface area contributed by atoms with Gasteiger partial charge in [-0.3, -0.25) is 20.4 Å². The van der Waals surface area contributed by atoms with E-state index in [-0.39, 0.29) is 11.8 Å². The van der Waals surface area contributed by atoms with Gasteiger partial charge in [0.25, 0.3) is 5.91 Å². The standard InChI is InChI=1S/C18H20N2O2/c1-18(2,3)17(22)20-19-16(21)15-11-9-14(10-12-15)13-7-5-4-6-8-13/h4-12H,1-3H3,(H,19,21)(H,20,22). The molecule has 0 aliphatic rings. The molecule has 2 N–H and O–H groups in total. The van der Waals surface area contributed by atoms with Crippen molar-refractivity contribution in [1.82, 2.24) is 10.9 Å². The molecule has 4 nitrogen and oxygen atoms in total.